The summed E-state index contributed by atoms with van der Waals surface area (Å²) in [5, 5.41) is 2.96. The molecule has 114 valence electrons. The van der Waals surface area contributed by atoms with Crippen LogP contribution in [0.25, 0.3) is 0 Å². The van der Waals surface area contributed by atoms with Crippen molar-refractivity contribution in [3.05, 3.63) is 28.8 Å². The van der Waals surface area contributed by atoms with Crippen LogP contribution in [0.5, 0.6) is 0 Å². The van der Waals surface area contributed by atoms with E-state index in [-0.39, 0.29) is 18.4 Å². The smallest absolute Gasteiger partial charge is 0.244 e. The number of aryl methyl sites for hydroxylation is 3. The number of rotatable bonds is 3. The molecular weight excluding hydrogens is 264 g/mol. The molecule has 21 heavy (non-hydrogen) atoms. The van der Waals surface area contributed by atoms with E-state index in [1.807, 2.05) is 20.8 Å². The third-order valence-electron chi connectivity index (χ3n) is 3.95. The molecule has 0 aliphatic carbocycles. The van der Waals surface area contributed by atoms with Gasteiger partial charge in [0.15, 0.2) is 0 Å². The van der Waals surface area contributed by atoms with Crippen LogP contribution < -0.4 is 5.32 Å². The van der Waals surface area contributed by atoms with Gasteiger partial charge < -0.3 is 10.2 Å². The summed E-state index contributed by atoms with van der Waals surface area (Å²) >= 11 is 0. The summed E-state index contributed by atoms with van der Waals surface area (Å²) in [6.45, 7) is 6.88. The summed E-state index contributed by atoms with van der Waals surface area (Å²) in [5.74, 6) is -0.0136. The molecular formula is C17H24N2O2. The topological polar surface area (TPSA) is 49.4 Å². The Balaban J connectivity index is 2.03. The number of hydrogen-bond acceptors (Lipinski definition) is 2. The Bertz CT molecular complexity index is 529. The zero-order valence-corrected chi connectivity index (χ0v) is 13.2. The van der Waals surface area contributed by atoms with Gasteiger partial charge in [-0.2, -0.15) is 0 Å². The van der Waals surface area contributed by atoms with E-state index in [4.69, 9.17) is 0 Å². The van der Waals surface area contributed by atoms with E-state index in [0.29, 0.717) is 13.0 Å². The lowest BCUT2D eigenvalue weighted by molar-refractivity contribution is -0.134. The Labute approximate surface area is 126 Å². The minimum Gasteiger partial charge on any atom is -0.333 e. The maximum Gasteiger partial charge on any atom is 0.244 e. The van der Waals surface area contributed by atoms with Crippen molar-refractivity contribution < 1.29 is 9.59 Å². The normalized spacial score (nSPS) is 15.8. The lowest BCUT2D eigenvalue weighted by Crippen LogP contribution is -2.37. The molecule has 1 fully saturated rings. The third kappa shape index (κ3) is 4.06. The summed E-state index contributed by atoms with van der Waals surface area (Å²) in [6, 6.07) is 4.11. The molecule has 0 spiro atoms. The molecule has 0 aromatic heterocycles. The van der Waals surface area contributed by atoms with Crippen LogP contribution in [0.4, 0.5) is 5.69 Å². The van der Waals surface area contributed by atoms with Crippen LogP contribution in [-0.4, -0.2) is 29.8 Å². The highest BCUT2D eigenvalue weighted by Gasteiger charge is 2.19. The minimum absolute atomic E-state index is 0.0972. The molecule has 2 amide bonds. The third-order valence-corrected chi connectivity index (χ3v) is 3.95. The van der Waals surface area contributed by atoms with E-state index in [1.54, 1.807) is 4.90 Å². The fourth-order valence-corrected chi connectivity index (χ4v) is 2.94. The Morgan fingerprint density at radius 1 is 1.14 bits per heavy atom. The number of carbonyl (C=O) groups excluding carboxylic acids is 2. The predicted molar refractivity (Wildman–Crippen MR) is 84.3 cm³/mol. The molecule has 0 unspecified atom stereocenters. The van der Waals surface area contributed by atoms with Gasteiger partial charge in [0, 0.05) is 18.7 Å². The quantitative estimate of drug-likeness (QED) is 0.929. The molecule has 1 saturated heterocycles. The highest BCUT2D eigenvalue weighted by Crippen LogP contribution is 2.22. The lowest BCUT2D eigenvalue weighted by Gasteiger charge is -2.21. The molecule has 1 aromatic rings. The van der Waals surface area contributed by atoms with Gasteiger partial charge in [0.2, 0.25) is 11.8 Å². The molecule has 1 aliphatic heterocycles. The van der Waals surface area contributed by atoms with E-state index < -0.39 is 0 Å². The first kappa shape index (κ1) is 15.5. The molecule has 0 bridgehead atoms. The van der Waals surface area contributed by atoms with Crippen LogP contribution in [0, 0.1) is 20.8 Å². The average molecular weight is 288 g/mol. The van der Waals surface area contributed by atoms with Gasteiger partial charge in [-0.25, -0.2) is 0 Å². The molecule has 1 N–H and O–H groups in total. The summed E-state index contributed by atoms with van der Waals surface area (Å²) in [4.78, 5) is 25.8. The fourth-order valence-electron chi connectivity index (χ4n) is 2.94. The van der Waals surface area contributed by atoms with Gasteiger partial charge in [-0.15, -0.1) is 0 Å². The van der Waals surface area contributed by atoms with Crippen molar-refractivity contribution in [2.45, 2.75) is 46.5 Å². The standard InChI is InChI=1S/C17H24N2O2/c1-12-9-13(2)17(14(3)10-12)18-15(20)11-19-8-6-4-5-7-16(19)21/h9-10H,4-8,11H2,1-3H3,(H,18,20). The molecule has 0 saturated carbocycles. The number of amides is 2. The zero-order chi connectivity index (χ0) is 15.4. The largest absolute Gasteiger partial charge is 0.333 e. The summed E-state index contributed by atoms with van der Waals surface area (Å²) in [7, 11) is 0. The van der Waals surface area contributed by atoms with E-state index in [0.717, 1.165) is 36.1 Å². The van der Waals surface area contributed by atoms with E-state index in [1.165, 1.54) is 5.56 Å². The van der Waals surface area contributed by atoms with Crippen LogP contribution >= 0.6 is 0 Å². The first-order valence-electron chi connectivity index (χ1n) is 7.63. The van der Waals surface area contributed by atoms with Crippen LogP contribution in [-0.2, 0) is 9.59 Å². The van der Waals surface area contributed by atoms with Gasteiger partial charge in [-0.1, -0.05) is 24.1 Å². The molecule has 4 nitrogen and oxygen atoms in total. The van der Waals surface area contributed by atoms with Gasteiger partial charge in [0.25, 0.3) is 0 Å². The highest BCUT2D eigenvalue weighted by atomic mass is 16.2. The number of nitrogens with one attached hydrogen (secondary N) is 1. The number of nitrogens with zero attached hydrogens (tertiary/aromatic N) is 1. The van der Waals surface area contributed by atoms with E-state index in [9.17, 15) is 9.59 Å². The van der Waals surface area contributed by atoms with Gasteiger partial charge in [0.1, 0.15) is 0 Å². The minimum atomic E-state index is -0.111. The van der Waals surface area contributed by atoms with Crippen molar-refractivity contribution in [2.75, 3.05) is 18.4 Å². The van der Waals surface area contributed by atoms with Gasteiger partial charge in [0.05, 0.1) is 6.54 Å². The van der Waals surface area contributed by atoms with Crippen LogP contribution in [0.3, 0.4) is 0 Å². The van der Waals surface area contributed by atoms with Crippen LogP contribution in [0.15, 0.2) is 12.1 Å². The second-order valence-electron chi connectivity index (χ2n) is 5.95. The van der Waals surface area contributed by atoms with Crippen molar-refractivity contribution in [2.24, 2.45) is 0 Å². The van der Waals surface area contributed by atoms with Crippen LogP contribution in [0.2, 0.25) is 0 Å². The van der Waals surface area contributed by atoms with Gasteiger partial charge in [-0.3, -0.25) is 9.59 Å². The predicted octanol–water partition coefficient (Wildman–Crippen LogP) is 2.95. The Morgan fingerprint density at radius 2 is 1.81 bits per heavy atom. The molecule has 4 heteroatoms. The van der Waals surface area contributed by atoms with Crippen LogP contribution in [0.1, 0.15) is 42.4 Å². The van der Waals surface area contributed by atoms with E-state index in [2.05, 4.69) is 17.4 Å². The monoisotopic (exact) mass is 288 g/mol. The Hall–Kier alpha value is -1.84. The Morgan fingerprint density at radius 3 is 2.48 bits per heavy atom. The highest BCUT2D eigenvalue weighted by molar-refractivity contribution is 5.95. The molecule has 1 heterocycles. The first-order chi connectivity index (χ1) is 9.97. The first-order valence-corrected chi connectivity index (χ1v) is 7.63. The van der Waals surface area contributed by atoms with Crippen molar-refractivity contribution in [3.8, 4) is 0 Å². The molecule has 1 aromatic carbocycles. The van der Waals surface area contributed by atoms with E-state index >= 15 is 0 Å². The fraction of sp³-hybridized carbons (Fsp3) is 0.529. The number of anilines is 1. The van der Waals surface area contributed by atoms with Gasteiger partial charge in [-0.05, 0) is 44.7 Å². The zero-order valence-electron chi connectivity index (χ0n) is 13.2. The van der Waals surface area contributed by atoms with Crippen molar-refractivity contribution in [1.82, 2.24) is 4.90 Å². The second-order valence-corrected chi connectivity index (χ2v) is 5.95. The van der Waals surface area contributed by atoms with Gasteiger partial charge >= 0.3 is 0 Å². The lowest BCUT2D eigenvalue weighted by atomic mass is 10.1. The molecule has 0 atom stereocenters. The molecule has 2 rings (SSSR count). The van der Waals surface area contributed by atoms with Crippen molar-refractivity contribution in [3.63, 3.8) is 0 Å². The molecule has 1 aliphatic rings. The maximum atomic E-state index is 12.2. The summed E-state index contributed by atoms with van der Waals surface area (Å²) in [6.07, 6.45) is 3.56. The number of benzene rings is 1. The Kier molecular flexibility index (Phi) is 4.99. The second kappa shape index (κ2) is 6.74. The number of hydrogen-bond donors (Lipinski definition) is 1. The maximum absolute atomic E-state index is 12.2. The molecule has 0 radical (unpaired) electrons. The summed E-state index contributed by atoms with van der Waals surface area (Å²) in [5.41, 5.74) is 4.17. The number of carbonyl (C=O) groups is 2. The van der Waals surface area contributed by atoms with Crippen molar-refractivity contribution in [1.29, 1.82) is 0 Å². The summed E-state index contributed by atoms with van der Waals surface area (Å²) < 4.78 is 0. The SMILES string of the molecule is Cc1cc(C)c(NC(=O)CN2CCCCCC2=O)c(C)c1. The van der Waals surface area contributed by atoms with Crippen molar-refractivity contribution >= 4 is 17.5 Å². The average Bonchev–Trinajstić information content (AvgIpc) is 2.59. The number of likely N-dealkylation sites (tertiary alicyclic amines) is 1.